The number of amides is 1. The van der Waals surface area contributed by atoms with Gasteiger partial charge in [-0.25, -0.2) is 5.43 Å². The van der Waals surface area contributed by atoms with Gasteiger partial charge in [-0.05, 0) is 48.9 Å². The minimum Gasteiger partial charge on any atom is -0.486 e. The first-order valence-electron chi connectivity index (χ1n) is 8.09. The van der Waals surface area contributed by atoms with Crippen molar-refractivity contribution in [3.63, 3.8) is 0 Å². The molecule has 0 saturated carbocycles. The van der Waals surface area contributed by atoms with Gasteiger partial charge in [0.15, 0.2) is 5.76 Å². The van der Waals surface area contributed by atoms with Gasteiger partial charge in [0.25, 0.3) is 0 Å². The van der Waals surface area contributed by atoms with E-state index < -0.39 is 5.91 Å². The summed E-state index contributed by atoms with van der Waals surface area (Å²) in [6, 6.07) is 19.9. The fourth-order valence-electron chi connectivity index (χ4n) is 2.23. The Hall–Kier alpha value is -3.54. The van der Waals surface area contributed by atoms with Gasteiger partial charge >= 0.3 is 5.91 Å². The van der Waals surface area contributed by atoms with Gasteiger partial charge in [-0.1, -0.05) is 30.3 Å². The molecule has 0 bridgehead atoms. The van der Waals surface area contributed by atoms with Crippen molar-refractivity contribution in [3.8, 4) is 5.75 Å². The van der Waals surface area contributed by atoms with Gasteiger partial charge in [-0.2, -0.15) is 5.10 Å². The highest BCUT2D eigenvalue weighted by molar-refractivity contribution is 6.00. The molecule has 6 nitrogen and oxygen atoms in total. The number of furan rings is 1. The monoisotopic (exact) mass is 349 g/mol. The summed E-state index contributed by atoms with van der Waals surface area (Å²) < 4.78 is 11.1. The average molecular weight is 349 g/mol. The van der Waals surface area contributed by atoms with Gasteiger partial charge in [0, 0.05) is 5.69 Å². The molecule has 0 spiro atoms. The van der Waals surface area contributed by atoms with Gasteiger partial charge in [-0.15, -0.1) is 0 Å². The van der Waals surface area contributed by atoms with Gasteiger partial charge in [0.1, 0.15) is 18.1 Å². The predicted molar refractivity (Wildman–Crippen MR) is 100 cm³/mol. The standard InChI is InChI=1S/C20H19N3O3/c1-14(15-7-9-16(21)10-8-15)22-23-20(24)19-12-11-18(26-19)13-25-17-5-3-2-4-6-17/h2-12H,13,21H2,1H3,(H,23,24)/b22-14-. The molecule has 6 heteroatoms. The van der Waals surface area contributed by atoms with E-state index in [-0.39, 0.29) is 12.4 Å². The third kappa shape index (κ3) is 4.51. The first kappa shape index (κ1) is 17.3. The Kier molecular flexibility index (Phi) is 5.34. The van der Waals surface area contributed by atoms with Gasteiger partial charge in [0.2, 0.25) is 0 Å². The second kappa shape index (κ2) is 8.02. The van der Waals surface area contributed by atoms with Crippen molar-refractivity contribution in [1.29, 1.82) is 0 Å². The summed E-state index contributed by atoms with van der Waals surface area (Å²) in [4.78, 5) is 12.1. The van der Waals surface area contributed by atoms with Crippen LogP contribution in [0.4, 0.5) is 5.69 Å². The summed E-state index contributed by atoms with van der Waals surface area (Å²) in [7, 11) is 0. The number of hydrogen-bond acceptors (Lipinski definition) is 5. The zero-order valence-electron chi connectivity index (χ0n) is 14.3. The minimum absolute atomic E-state index is 0.172. The SMILES string of the molecule is C/C(=N/NC(=O)c1ccc(COc2ccccc2)o1)c1ccc(N)cc1. The Balaban J connectivity index is 1.57. The fraction of sp³-hybridized carbons (Fsp3) is 0.100. The Morgan fingerprint density at radius 1 is 1.08 bits per heavy atom. The Bertz CT molecular complexity index is 900. The molecule has 26 heavy (non-hydrogen) atoms. The van der Waals surface area contributed by atoms with Crippen LogP contribution in [0.5, 0.6) is 5.75 Å². The zero-order valence-corrected chi connectivity index (χ0v) is 14.3. The Morgan fingerprint density at radius 2 is 1.81 bits per heavy atom. The van der Waals surface area contributed by atoms with Crippen LogP contribution in [0.3, 0.4) is 0 Å². The lowest BCUT2D eigenvalue weighted by Crippen LogP contribution is -2.18. The van der Waals surface area contributed by atoms with E-state index in [0.29, 0.717) is 17.2 Å². The van der Waals surface area contributed by atoms with Gasteiger partial charge < -0.3 is 14.9 Å². The largest absolute Gasteiger partial charge is 0.486 e. The number of para-hydroxylation sites is 1. The smallest absolute Gasteiger partial charge is 0.307 e. The van der Waals surface area contributed by atoms with Crippen LogP contribution in [0, 0.1) is 0 Å². The van der Waals surface area contributed by atoms with Crippen molar-refractivity contribution in [3.05, 3.63) is 83.8 Å². The second-order valence-corrected chi connectivity index (χ2v) is 5.63. The normalized spacial score (nSPS) is 11.2. The molecule has 3 rings (SSSR count). The topological polar surface area (TPSA) is 89.8 Å². The molecular weight excluding hydrogens is 330 g/mol. The lowest BCUT2D eigenvalue weighted by molar-refractivity contribution is 0.0923. The highest BCUT2D eigenvalue weighted by atomic mass is 16.5. The van der Waals surface area contributed by atoms with E-state index in [1.807, 2.05) is 42.5 Å². The maximum Gasteiger partial charge on any atom is 0.307 e. The Labute approximate surface area is 151 Å². The van der Waals surface area contributed by atoms with E-state index in [4.69, 9.17) is 14.9 Å². The van der Waals surface area contributed by atoms with Crippen molar-refractivity contribution in [1.82, 2.24) is 5.43 Å². The number of rotatable bonds is 6. The number of nitrogens with zero attached hydrogens (tertiary/aromatic N) is 1. The number of hydrazone groups is 1. The van der Waals surface area contributed by atoms with E-state index in [1.54, 1.807) is 31.2 Å². The molecule has 0 radical (unpaired) electrons. The summed E-state index contributed by atoms with van der Waals surface area (Å²) in [5.74, 6) is 1.04. The third-order valence-electron chi connectivity index (χ3n) is 3.66. The minimum atomic E-state index is -0.425. The summed E-state index contributed by atoms with van der Waals surface area (Å²) >= 11 is 0. The molecule has 3 N–H and O–H groups in total. The first-order valence-corrected chi connectivity index (χ1v) is 8.09. The van der Waals surface area contributed by atoms with Crippen LogP contribution < -0.4 is 15.9 Å². The average Bonchev–Trinajstić information content (AvgIpc) is 3.15. The molecule has 3 aromatic rings. The third-order valence-corrected chi connectivity index (χ3v) is 3.66. The molecule has 0 aliphatic rings. The number of nitrogens with one attached hydrogen (secondary N) is 1. The number of carbonyl (C=O) groups excluding carboxylic acids is 1. The van der Waals surface area contributed by atoms with E-state index in [0.717, 1.165) is 11.3 Å². The molecule has 1 heterocycles. The number of benzene rings is 2. The number of hydrogen-bond donors (Lipinski definition) is 2. The van der Waals surface area contributed by atoms with Crippen molar-refractivity contribution < 1.29 is 13.9 Å². The highest BCUT2D eigenvalue weighted by Crippen LogP contribution is 2.14. The molecular formula is C20H19N3O3. The van der Waals surface area contributed by atoms with Gasteiger partial charge in [-0.3, -0.25) is 4.79 Å². The number of carbonyl (C=O) groups is 1. The summed E-state index contributed by atoms with van der Waals surface area (Å²) in [5, 5.41) is 4.09. The van der Waals surface area contributed by atoms with Crippen LogP contribution in [-0.2, 0) is 6.61 Å². The van der Waals surface area contributed by atoms with Crippen molar-refractivity contribution in [2.24, 2.45) is 5.10 Å². The van der Waals surface area contributed by atoms with Crippen LogP contribution in [0.1, 0.15) is 28.8 Å². The maximum absolute atomic E-state index is 12.1. The van der Waals surface area contributed by atoms with E-state index in [9.17, 15) is 4.79 Å². The van der Waals surface area contributed by atoms with Crippen molar-refractivity contribution >= 4 is 17.3 Å². The molecule has 0 fully saturated rings. The number of nitrogens with two attached hydrogens (primary N) is 1. The highest BCUT2D eigenvalue weighted by Gasteiger charge is 2.11. The molecule has 132 valence electrons. The summed E-state index contributed by atoms with van der Waals surface area (Å²) in [5.41, 5.74) is 10.3. The number of nitrogen functional groups attached to an aromatic ring is 1. The number of anilines is 1. The fourth-order valence-corrected chi connectivity index (χ4v) is 2.23. The molecule has 0 aliphatic carbocycles. The molecule has 0 aliphatic heterocycles. The first-order chi connectivity index (χ1) is 12.6. The lowest BCUT2D eigenvalue weighted by atomic mass is 10.1. The quantitative estimate of drug-likeness (QED) is 0.404. The number of ether oxygens (including phenoxy) is 1. The second-order valence-electron chi connectivity index (χ2n) is 5.63. The van der Waals surface area contributed by atoms with Crippen LogP contribution in [-0.4, -0.2) is 11.6 Å². The molecule has 1 aromatic heterocycles. The summed E-state index contributed by atoms with van der Waals surface area (Å²) in [6.45, 7) is 2.04. The van der Waals surface area contributed by atoms with Crippen LogP contribution in [0.2, 0.25) is 0 Å². The molecule has 0 saturated heterocycles. The van der Waals surface area contributed by atoms with Gasteiger partial charge in [0.05, 0.1) is 5.71 Å². The molecule has 1 amide bonds. The van der Waals surface area contributed by atoms with Crippen LogP contribution >= 0.6 is 0 Å². The maximum atomic E-state index is 12.1. The van der Waals surface area contributed by atoms with Crippen molar-refractivity contribution in [2.75, 3.05) is 5.73 Å². The zero-order chi connectivity index (χ0) is 18.4. The predicted octanol–water partition coefficient (Wildman–Crippen LogP) is 3.59. The summed E-state index contributed by atoms with van der Waals surface area (Å²) in [6.07, 6.45) is 0. The van der Waals surface area contributed by atoms with Crippen LogP contribution in [0.25, 0.3) is 0 Å². The molecule has 0 atom stereocenters. The Morgan fingerprint density at radius 3 is 2.54 bits per heavy atom. The van der Waals surface area contributed by atoms with Crippen LogP contribution in [0.15, 0.2) is 76.2 Å². The van der Waals surface area contributed by atoms with Crippen molar-refractivity contribution in [2.45, 2.75) is 13.5 Å². The van der Waals surface area contributed by atoms with E-state index in [1.165, 1.54) is 0 Å². The lowest BCUT2D eigenvalue weighted by Gasteiger charge is -2.03. The molecule has 0 unspecified atom stereocenters. The molecule has 2 aromatic carbocycles. The van der Waals surface area contributed by atoms with E-state index >= 15 is 0 Å². The van der Waals surface area contributed by atoms with E-state index in [2.05, 4.69) is 10.5 Å².